The molecule has 136 valence electrons. The van der Waals surface area contributed by atoms with E-state index in [4.69, 9.17) is 14.2 Å². The van der Waals surface area contributed by atoms with Gasteiger partial charge in [0.05, 0.1) is 12.2 Å². The lowest BCUT2D eigenvalue weighted by Crippen LogP contribution is -2.42. The molecular formula is C20H26O5. The quantitative estimate of drug-likeness (QED) is 0.446. The Morgan fingerprint density at radius 1 is 1.40 bits per heavy atom. The highest BCUT2D eigenvalue weighted by Crippen LogP contribution is 2.83. The van der Waals surface area contributed by atoms with Crippen LogP contribution in [-0.2, 0) is 23.8 Å². The van der Waals surface area contributed by atoms with E-state index in [-0.39, 0.29) is 46.5 Å². The van der Waals surface area contributed by atoms with Crippen LogP contribution in [-0.4, -0.2) is 35.9 Å². The number of esters is 2. The first kappa shape index (κ1) is 15.9. The normalized spacial score (nSPS) is 54.6. The monoisotopic (exact) mass is 346 g/mol. The van der Waals surface area contributed by atoms with Crippen molar-refractivity contribution in [1.29, 1.82) is 0 Å². The van der Waals surface area contributed by atoms with Gasteiger partial charge in [-0.25, -0.2) is 4.79 Å². The van der Waals surface area contributed by atoms with Gasteiger partial charge in [0.2, 0.25) is 0 Å². The van der Waals surface area contributed by atoms with Gasteiger partial charge in [-0.05, 0) is 50.4 Å². The van der Waals surface area contributed by atoms with E-state index in [2.05, 4.69) is 20.4 Å². The highest BCUT2D eigenvalue weighted by atomic mass is 16.6. The van der Waals surface area contributed by atoms with Crippen LogP contribution in [0.4, 0.5) is 0 Å². The van der Waals surface area contributed by atoms with Crippen molar-refractivity contribution in [3.05, 3.63) is 12.2 Å². The minimum atomic E-state index is -0.246. The molecular weight excluding hydrogens is 320 g/mol. The molecule has 0 radical (unpaired) electrons. The molecule has 0 aromatic heterocycles. The SMILES string of the molecule is C=C1C(=O)O[C@H]2[C@H]1CC[C@]1(C)O[C@@]13C[C@H]1[C@@H](CC(=O)OCC)[C@@]1(C)[C@H]23. The van der Waals surface area contributed by atoms with E-state index in [1.807, 2.05) is 6.92 Å². The van der Waals surface area contributed by atoms with E-state index < -0.39 is 0 Å². The first-order valence-electron chi connectivity index (χ1n) is 9.54. The fourth-order valence-corrected chi connectivity index (χ4v) is 6.87. The molecule has 0 N–H and O–H groups in total. The molecule has 0 bridgehead atoms. The lowest BCUT2D eigenvalue weighted by atomic mass is 9.71. The minimum absolute atomic E-state index is 0.0112. The van der Waals surface area contributed by atoms with E-state index >= 15 is 0 Å². The fraction of sp³-hybridized carbons (Fsp3) is 0.800. The number of hydrogen-bond acceptors (Lipinski definition) is 5. The van der Waals surface area contributed by atoms with Crippen molar-refractivity contribution in [3.63, 3.8) is 0 Å². The van der Waals surface area contributed by atoms with Gasteiger partial charge in [0.25, 0.3) is 0 Å². The molecule has 5 fully saturated rings. The Kier molecular flexibility index (Phi) is 2.84. The van der Waals surface area contributed by atoms with Gasteiger partial charge in [0.15, 0.2) is 0 Å². The maximum absolute atomic E-state index is 12.2. The fourth-order valence-electron chi connectivity index (χ4n) is 6.87. The van der Waals surface area contributed by atoms with E-state index in [1.165, 1.54) is 0 Å². The van der Waals surface area contributed by atoms with Gasteiger partial charge in [-0.1, -0.05) is 13.5 Å². The Labute approximate surface area is 148 Å². The molecule has 3 saturated carbocycles. The molecule has 5 heteroatoms. The molecule has 2 heterocycles. The number of hydrogen-bond donors (Lipinski definition) is 0. The highest BCUT2D eigenvalue weighted by molar-refractivity contribution is 5.91. The number of ether oxygens (including phenoxy) is 3. The van der Waals surface area contributed by atoms with Crippen molar-refractivity contribution in [1.82, 2.24) is 0 Å². The topological polar surface area (TPSA) is 65.1 Å². The van der Waals surface area contributed by atoms with Crippen LogP contribution in [0.25, 0.3) is 0 Å². The van der Waals surface area contributed by atoms with Gasteiger partial charge in [0, 0.05) is 23.8 Å². The third kappa shape index (κ3) is 1.69. The smallest absolute Gasteiger partial charge is 0.334 e. The molecule has 25 heavy (non-hydrogen) atoms. The predicted molar refractivity (Wildman–Crippen MR) is 88.4 cm³/mol. The van der Waals surface area contributed by atoms with E-state index in [1.54, 1.807) is 0 Å². The van der Waals surface area contributed by atoms with E-state index in [9.17, 15) is 9.59 Å². The Morgan fingerprint density at radius 3 is 2.88 bits per heavy atom. The summed E-state index contributed by atoms with van der Waals surface area (Å²) in [5.41, 5.74) is 0.323. The number of rotatable bonds is 3. The third-order valence-corrected chi connectivity index (χ3v) is 8.23. The van der Waals surface area contributed by atoms with Gasteiger partial charge < -0.3 is 14.2 Å². The number of carbonyl (C=O) groups excluding carboxylic acids is 2. The molecule has 5 nitrogen and oxygen atoms in total. The Balaban J connectivity index is 1.48. The second-order valence-corrected chi connectivity index (χ2v) is 9.03. The van der Waals surface area contributed by atoms with Gasteiger partial charge in [-0.2, -0.15) is 0 Å². The van der Waals surface area contributed by atoms with E-state index in [0.29, 0.717) is 30.4 Å². The summed E-state index contributed by atoms with van der Waals surface area (Å²) in [6.07, 6.45) is 3.14. The Bertz CT molecular complexity index is 700. The number of fused-ring (bicyclic) bond motifs is 4. The van der Waals surface area contributed by atoms with Crippen LogP contribution >= 0.6 is 0 Å². The predicted octanol–water partition coefficient (Wildman–Crippen LogP) is 2.63. The molecule has 3 aliphatic carbocycles. The first-order valence-corrected chi connectivity index (χ1v) is 9.54. The van der Waals surface area contributed by atoms with Gasteiger partial charge in [-0.3, -0.25) is 4.79 Å². The van der Waals surface area contributed by atoms with Crippen LogP contribution in [0, 0.1) is 29.1 Å². The summed E-state index contributed by atoms with van der Waals surface area (Å²) in [6, 6.07) is 0. The molecule has 5 rings (SSSR count). The number of carbonyl (C=O) groups is 2. The molecule has 2 saturated heterocycles. The van der Waals surface area contributed by atoms with Crippen molar-refractivity contribution in [3.8, 4) is 0 Å². The van der Waals surface area contributed by atoms with Gasteiger partial charge in [-0.15, -0.1) is 0 Å². The average molecular weight is 346 g/mol. The molecule has 5 aliphatic rings. The molecule has 0 amide bonds. The molecule has 0 unspecified atom stereocenters. The van der Waals surface area contributed by atoms with Crippen LogP contribution in [0.15, 0.2) is 12.2 Å². The second-order valence-electron chi connectivity index (χ2n) is 9.03. The van der Waals surface area contributed by atoms with Crippen molar-refractivity contribution in [2.24, 2.45) is 29.1 Å². The summed E-state index contributed by atoms with van der Waals surface area (Å²) >= 11 is 0. The Hall–Kier alpha value is -1.36. The largest absolute Gasteiger partial charge is 0.466 e. The van der Waals surface area contributed by atoms with Crippen molar-refractivity contribution in [2.75, 3.05) is 6.61 Å². The summed E-state index contributed by atoms with van der Waals surface area (Å²) in [4.78, 5) is 24.2. The van der Waals surface area contributed by atoms with Gasteiger partial charge in [0.1, 0.15) is 11.7 Å². The molecule has 0 aromatic carbocycles. The van der Waals surface area contributed by atoms with Crippen LogP contribution in [0.3, 0.4) is 0 Å². The molecule has 8 atom stereocenters. The lowest BCUT2D eigenvalue weighted by molar-refractivity contribution is -0.146. The van der Waals surface area contributed by atoms with E-state index in [0.717, 1.165) is 19.3 Å². The van der Waals surface area contributed by atoms with Crippen LogP contribution in [0.1, 0.15) is 46.5 Å². The maximum atomic E-state index is 12.2. The van der Waals surface area contributed by atoms with Crippen molar-refractivity contribution < 1.29 is 23.8 Å². The zero-order valence-electron chi connectivity index (χ0n) is 15.2. The zero-order chi connectivity index (χ0) is 17.8. The first-order chi connectivity index (χ1) is 11.8. The highest BCUT2D eigenvalue weighted by Gasteiger charge is 2.88. The maximum Gasteiger partial charge on any atom is 0.334 e. The number of epoxide rings is 1. The van der Waals surface area contributed by atoms with Crippen molar-refractivity contribution in [2.45, 2.75) is 63.8 Å². The van der Waals surface area contributed by atoms with Gasteiger partial charge >= 0.3 is 11.9 Å². The van der Waals surface area contributed by atoms with Crippen LogP contribution in [0.2, 0.25) is 0 Å². The van der Waals surface area contributed by atoms with Crippen LogP contribution < -0.4 is 0 Å². The molecule has 2 aliphatic heterocycles. The molecule has 0 aromatic rings. The summed E-state index contributed by atoms with van der Waals surface area (Å²) in [6.45, 7) is 10.7. The molecule has 1 spiro atoms. The zero-order valence-corrected chi connectivity index (χ0v) is 15.2. The Morgan fingerprint density at radius 2 is 2.16 bits per heavy atom. The summed E-state index contributed by atoms with van der Waals surface area (Å²) in [5.74, 6) is 0.655. The minimum Gasteiger partial charge on any atom is -0.466 e. The summed E-state index contributed by atoms with van der Waals surface area (Å²) in [5, 5.41) is 0. The third-order valence-electron chi connectivity index (χ3n) is 8.23. The summed E-state index contributed by atoms with van der Waals surface area (Å²) in [7, 11) is 0. The average Bonchev–Trinajstić information content (AvgIpc) is 3.20. The van der Waals surface area contributed by atoms with Crippen molar-refractivity contribution >= 4 is 11.9 Å². The standard InChI is InChI=1S/C20H26O5/c1-5-23-14(21)8-12-13-9-20-16(19(12,13)4)15-11(10(2)17(22)24-15)6-7-18(20,3)25-20/h11-13,15-16H,2,5-9H2,1,3-4H3/t11-,12+,13-,15-,16-,18-,19+,20+/m0/s1. The second kappa shape index (κ2) is 4.48. The summed E-state index contributed by atoms with van der Waals surface area (Å²) < 4.78 is 17.4. The lowest BCUT2D eigenvalue weighted by Gasteiger charge is -2.33. The van der Waals surface area contributed by atoms with Crippen LogP contribution in [0.5, 0.6) is 0 Å².